The minimum Gasteiger partial charge on any atom is -0.395 e. The minimum atomic E-state index is -1.01. The molecule has 0 spiro atoms. The first-order valence-electron chi connectivity index (χ1n) is 7.55. The number of nitrogens with one attached hydrogen (secondary N) is 1. The van der Waals surface area contributed by atoms with E-state index in [9.17, 15) is 14.4 Å². The summed E-state index contributed by atoms with van der Waals surface area (Å²) in [6.45, 7) is 0. The van der Waals surface area contributed by atoms with E-state index in [-0.39, 0.29) is 17.1 Å². The van der Waals surface area contributed by atoms with Gasteiger partial charge in [-0.15, -0.1) is 12.6 Å². The fourth-order valence-corrected chi connectivity index (χ4v) is 2.92. The molecule has 3 aromatic rings. The number of carbonyl (C=O) groups excluding carboxylic acids is 3. The molecule has 0 radical (unpaired) electrons. The van der Waals surface area contributed by atoms with Gasteiger partial charge in [-0.2, -0.15) is 0 Å². The van der Waals surface area contributed by atoms with E-state index in [0.29, 0.717) is 21.2 Å². The van der Waals surface area contributed by atoms with Crippen molar-refractivity contribution in [1.82, 2.24) is 4.98 Å². The first-order chi connectivity index (χ1) is 13.0. The Morgan fingerprint density at radius 3 is 2.48 bits per heavy atom. The van der Waals surface area contributed by atoms with Crippen molar-refractivity contribution >= 4 is 47.4 Å². The van der Waals surface area contributed by atoms with Crippen molar-refractivity contribution in [2.24, 2.45) is 0 Å². The van der Waals surface area contributed by atoms with Crippen LogP contribution in [0.2, 0.25) is 0 Å². The number of para-hydroxylation sites is 1. The Kier molecular flexibility index (Phi) is 5.84. The monoisotopic (exact) mass is 400 g/mol. The van der Waals surface area contributed by atoms with Gasteiger partial charge >= 0.3 is 6.16 Å². The number of ether oxygens (including phenoxy) is 2. The number of anilines is 1. The highest BCUT2D eigenvalue weighted by Crippen LogP contribution is 2.24. The average Bonchev–Trinajstić information content (AvgIpc) is 3.07. The zero-order valence-corrected chi connectivity index (χ0v) is 15.3. The smallest absolute Gasteiger partial charge is 0.395 e. The number of rotatable bonds is 5. The summed E-state index contributed by atoms with van der Waals surface area (Å²) < 4.78 is 10.8. The number of aldehydes is 1. The van der Waals surface area contributed by atoms with Crippen molar-refractivity contribution < 1.29 is 23.9 Å². The van der Waals surface area contributed by atoms with Crippen LogP contribution in [0.4, 0.5) is 9.93 Å². The van der Waals surface area contributed by atoms with Crippen LogP contribution < -0.4 is 14.8 Å². The second-order valence-electron chi connectivity index (χ2n) is 5.09. The van der Waals surface area contributed by atoms with Crippen LogP contribution >= 0.6 is 24.0 Å². The number of hydrogen-bond acceptors (Lipinski definition) is 8. The van der Waals surface area contributed by atoms with Crippen molar-refractivity contribution in [1.29, 1.82) is 0 Å². The number of thiol groups is 1. The number of benzene rings is 2. The van der Waals surface area contributed by atoms with Gasteiger partial charge in [0.05, 0.1) is 16.0 Å². The van der Waals surface area contributed by atoms with Crippen LogP contribution in [0.15, 0.2) is 58.9 Å². The summed E-state index contributed by atoms with van der Waals surface area (Å²) in [5, 5.41) is 2.98. The maximum Gasteiger partial charge on any atom is 0.519 e. The Labute approximate surface area is 163 Å². The molecule has 136 valence electrons. The van der Waals surface area contributed by atoms with E-state index in [4.69, 9.17) is 9.47 Å². The van der Waals surface area contributed by atoms with E-state index in [1.165, 1.54) is 53.9 Å². The molecule has 0 aliphatic rings. The molecule has 27 heavy (non-hydrogen) atoms. The van der Waals surface area contributed by atoms with Crippen LogP contribution in [0.5, 0.6) is 11.5 Å². The van der Waals surface area contributed by atoms with E-state index in [1.54, 1.807) is 12.1 Å². The molecule has 1 aromatic heterocycles. The Morgan fingerprint density at radius 1 is 1.07 bits per heavy atom. The molecule has 0 saturated carbocycles. The normalized spacial score (nSPS) is 10.1. The predicted octanol–water partition coefficient (Wildman–Crippen LogP) is 4.07. The maximum atomic E-state index is 12.4. The molecule has 0 saturated heterocycles. The Hall–Kier alpha value is -3.17. The molecule has 3 rings (SSSR count). The highest BCUT2D eigenvalue weighted by molar-refractivity contribution is 7.83. The lowest BCUT2D eigenvalue weighted by molar-refractivity contribution is 0.102. The molecule has 0 aliphatic carbocycles. The van der Waals surface area contributed by atoms with Gasteiger partial charge in [0.2, 0.25) is 0 Å². The topological polar surface area (TPSA) is 94.6 Å². The lowest BCUT2D eigenvalue weighted by atomic mass is 10.2. The van der Waals surface area contributed by atoms with Crippen LogP contribution in [0, 0.1) is 0 Å². The van der Waals surface area contributed by atoms with Crippen molar-refractivity contribution in [2.75, 3.05) is 5.32 Å². The third-order valence-electron chi connectivity index (χ3n) is 3.26. The fraction of sp³-hybridized carbons (Fsp3) is 0. The van der Waals surface area contributed by atoms with Gasteiger partial charge in [0.1, 0.15) is 17.8 Å². The lowest BCUT2D eigenvalue weighted by Gasteiger charge is -2.09. The predicted molar refractivity (Wildman–Crippen MR) is 102 cm³/mol. The summed E-state index contributed by atoms with van der Waals surface area (Å²) in [5.41, 5.74) is 0.589. The molecule has 0 unspecified atom stereocenters. The van der Waals surface area contributed by atoms with Gasteiger partial charge in [-0.1, -0.05) is 23.5 Å². The highest BCUT2D eigenvalue weighted by atomic mass is 32.2. The molecule has 1 N–H and O–H groups in total. The summed E-state index contributed by atoms with van der Waals surface area (Å²) in [4.78, 5) is 39.1. The van der Waals surface area contributed by atoms with Gasteiger partial charge in [0, 0.05) is 5.56 Å². The maximum absolute atomic E-state index is 12.4. The molecule has 0 atom stereocenters. The van der Waals surface area contributed by atoms with Gasteiger partial charge in [0.15, 0.2) is 5.13 Å². The van der Waals surface area contributed by atoms with E-state index in [1.807, 2.05) is 0 Å². The summed E-state index contributed by atoms with van der Waals surface area (Å²) in [7, 11) is 0. The van der Waals surface area contributed by atoms with Gasteiger partial charge in [-0.05, 0) is 36.4 Å². The number of amides is 1. The third-order valence-corrected chi connectivity index (χ3v) is 4.36. The van der Waals surface area contributed by atoms with Gasteiger partial charge < -0.3 is 9.47 Å². The summed E-state index contributed by atoms with van der Waals surface area (Å²) in [6.07, 6.45) is 1.18. The van der Waals surface area contributed by atoms with Crippen molar-refractivity contribution in [3.63, 3.8) is 0 Å². The van der Waals surface area contributed by atoms with E-state index in [0.717, 1.165) is 0 Å². The molecule has 0 aliphatic heterocycles. The molecule has 1 heterocycles. The number of carbonyl (C=O) groups is 3. The van der Waals surface area contributed by atoms with Gasteiger partial charge in [0.25, 0.3) is 5.91 Å². The van der Waals surface area contributed by atoms with Crippen LogP contribution in [0.25, 0.3) is 0 Å². The summed E-state index contributed by atoms with van der Waals surface area (Å²) in [5.74, 6) is -0.250. The molecule has 7 nitrogen and oxygen atoms in total. The molecular formula is C18H12N2O5S2. The third kappa shape index (κ3) is 4.93. The molecule has 0 fully saturated rings. The van der Waals surface area contributed by atoms with Crippen LogP contribution in [0.1, 0.15) is 20.7 Å². The largest absolute Gasteiger partial charge is 0.519 e. The molecule has 1 amide bonds. The zero-order valence-electron chi connectivity index (χ0n) is 13.6. The summed E-state index contributed by atoms with van der Waals surface area (Å²) in [6, 6.07) is 12.2. The Bertz CT molecular complexity index is 985. The Balaban J connectivity index is 1.70. The molecule has 0 bridgehead atoms. The van der Waals surface area contributed by atoms with Crippen molar-refractivity contribution in [3.05, 3.63) is 65.9 Å². The lowest BCUT2D eigenvalue weighted by Crippen LogP contribution is -2.18. The SMILES string of the molecule is O=Cc1ccc(OC(=O)Oc2ccccc2C(=O)Nc2ncc(S)s2)cc1. The van der Waals surface area contributed by atoms with E-state index < -0.39 is 12.1 Å². The average molecular weight is 400 g/mol. The second-order valence-corrected chi connectivity index (χ2v) is 6.91. The van der Waals surface area contributed by atoms with E-state index >= 15 is 0 Å². The van der Waals surface area contributed by atoms with Crippen LogP contribution in [-0.2, 0) is 0 Å². The quantitative estimate of drug-likeness (QED) is 0.290. The van der Waals surface area contributed by atoms with Crippen molar-refractivity contribution in [3.8, 4) is 11.5 Å². The molecular weight excluding hydrogens is 388 g/mol. The second kappa shape index (κ2) is 8.47. The highest BCUT2D eigenvalue weighted by Gasteiger charge is 2.17. The number of thiazole rings is 1. The Morgan fingerprint density at radius 2 is 1.81 bits per heavy atom. The van der Waals surface area contributed by atoms with Crippen molar-refractivity contribution in [2.45, 2.75) is 4.21 Å². The van der Waals surface area contributed by atoms with Crippen LogP contribution in [-0.4, -0.2) is 23.3 Å². The van der Waals surface area contributed by atoms with Crippen LogP contribution in [0.3, 0.4) is 0 Å². The number of nitrogens with zero attached hydrogens (tertiary/aromatic N) is 1. The standard InChI is InChI=1S/C18H12N2O5S2/c21-10-11-5-7-12(8-6-11)24-18(23)25-14-4-2-1-3-13(14)16(22)20-17-19-9-15(26)27-17/h1-10,26H,(H,19,20,22). The number of aromatic nitrogens is 1. The van der Waals surface area contributed by atoms with Gasteiger partial charge in [-0.3, -0.25) is 14.9 Å². The first-order valence-corrected chi connectivity index (χ1v) is 8.81. The zero-order chi connectivity index (χ0) is 19.2. The van der Waals surface area contributed by atoms with Gasteiger partial charge in [-0.25, -0.2) is 9.78 Å². The molecule has 9 heteroatoms. The fourth-order valence-electron chi connectivity index (χ4n) is 2.05. The number of hydrogen-bond donors (Lipinski definition) is 2. The van der Waals surface area contributed by atoms with E-state index in [2.05, 4.69) is 22.9 Å². The summed E-state index contributed by atoms with van der Waals surface area (Å²) >= 11 is 5.34. The molecule has 2 aromatic carbocycles. The first kappa shape index (κ1) is 18.6. The minimum absolute atomic E-state index is 0.0344.